The number of aldehydes is 1. The molecule has 210 valence electrons. The van der Waals surface area contributed by atoms with Crippen LogP contribution in [0.25, 0.3) is 0 Å². The van der Waals surface area contributed by atoms with Gasteiger partial charge in [-0.3, -0.25) is 14.6 Å². The molecule has 0 radical (unpaired) electrons. The maximum absolute atomic E-state index is 12.1. The second-order valence-electron chi connectivity index (χ2n) is 10.5. The summed E-state index contributed by atoms with van der Waals surface area (Å²) in [7, 11) is 0. The first-order valence-corrected chi connectivity index (χ1v) is 14.5. The highest BCUT2D eigenvalue weighted by Crippen LogP contribution is 2.36. The minimum absolute atomic E-state index is 0.0606. The molecule has 0 aliphatic carbocycles. The summed E-state index contributed by atoms with van der Waals surface area (Å²) in [4.78, 5) is 27.8. The lowest BCUT2D eigenvalue weighted by Gasteiger charge is -2.44. The standard InChI is InChI=1S/C19H21NO2.C17H17NO/c1-2-22-19(21)17-13-14-20(17)18(15-9-5-3-6-10-15)16-11-7-4-8-12-16;19-13-16-11-12-18(16)17(14-7-3-1-4-8-14)15-9-5-2-6-10-15/h3-12,17-18H,2,13-14H2,1H3;1-10,13,16-17H,11-12H2. The van der Waals surface area contributed by atoms with Gasteiger partial charge in [0.2, 0.25) is 0 Å². The highest BCUT2D eigenvalue weighted by Gasteiger charge is 2.40. The molecular formula is C36H38N2O3. The molecule has 4 aromatic carbocycles. The van der Waals surface area contributed by atoms with Crippen LogP contribution < -0.4 is 0 Å². The van der Waals surface area contributed by atoms with Gasteiger partial charge in [0.05, 0.1) is 24.7 Å². The van der Waals surface area contributed by atoms with Gasteiger partial charge in [-0.2, -0.15) is 0 Å². The topological polar surface area (TPSA) is 49.9 Å². The summed E-state index contributed by atoms with van der Waals surface area (Å²) in [5.74, 6) is -0.106. The fourth-order valence-electron chi connectivity index (χ4n) is 5.79. The van der Waals surface area contributed by atoms with Crippen LogP contribution in [0.3, 0.4) is 0 Å². The second-order valence-corrected chi connectivity index (χ2v) is 10.5. The minimum atomic E-state index is -0.134. The molecule has 0 N–H and O–H groups in total. The van der Waals surface area contributed by atoms with Crippen molar-refractivity contribution in [2.75, 3.05) is 19.7 Å². The Morgan fingerprint density at radius 2 is 1.07 bits per heavy atom. The van der Waals surface area contributed by atoms with E-state index in [1.54, 1.807) is 0 Å². The molecule has 0 spiro atoms. The van der Waals surface area contributed by atoms with Crippen LogP contribution in [0.4, 0.5) is 0 Å². The third-order valence-corrected chi connectivity index (χ3v) is 8.01. The van der Waals surface area contributed by atoms with Crippen LogP contribution in [0.5, 0.6) is 0 Å². The van der Waals surface area contributed by atoms with E-state index < -0.39 is 0 Å². The van der Waals surface area contributed by atoms with Crippen LogP contribution in [0.15, 0.2) is 121 Å². The number of carbonyl (C=O) groups is 2. The zero-order valence-electron chi connectivity index (χ0n) is 23.6. The molecule has 41 heavy (non-hydrogen) atoms. The lowest BCUT2D eigenvalue weighted by atomic mass is 9.90. The van der Waals surface area contributed by atoms with Gasteiger partial charge in [-0.1, -0.05) is 121 Å². The van der Waals surface area contributed by atoms with Gasteiger partial charge < -0.3 is 9.53 Å². The largest absolute Gasteiger partial charge is 0.465 e. The number of hydrogen-bond acceptors (Lipinski definition) is 5. The number of esters is 1. The molecule has 5 nitrogen and oxygen atoms in total. The van der Waals surface area contributed by atoms with Crippen molar-refractivity contribution >= 4 is 12.3 Å². The van der Waals surface area contributed by atoms with E-state index in [2.05, 4.69) is 82.6 Å². The summed E-state index contributed by atoms with van der Waals surface area (Å²) in [6.07, 6.45) is 2.91. The number of likely N-dealkylation sites (tertiary alicyclic amines) is 2. The Bertz CT molecular complexity index is 1290. The zero-order valence-corrected chi connectivity index (χ0v) is 23.6. The van der Waals surface area contributed by atoms with E-state index in [1.807, 2.05) is 55.5 Å². The van der Waals surface area contributed by atoms with E-state index in [0.717, 1.165) is 32.2 Å². The van der Waals surface area contributed by atoms with Gasteiger partial charge in [-0.05, 0) is 42.0 Å². The molecule has 0 amide bonds. The molecular weight excluding hydrogens is 508 g/mol. The van der Waals surface area contributed by atoms with E-state index in [-0.39, 0.29) is 30.1 Å². The Balaban J connectivity index is 0.000000166. The van der Waals surface area contributed by atoms with Crippen molar-refractivity contribution in [2.45, 2.75) is 43.9 Å². The summed E-state index contributed by atoms with van der Waals surface area (Å²) >= 11 is 0. The highest BCUT2D eigenvalue weighted by atomic mass is 16.5. The van der Waals surface area contributed by atoms with Crippen molar-refractivity contribution < 1.29 is 14.3 Å². The first kappa shape index (κ1) is 28.5. The Morgan fingerprint density at radius 3 is 1.37 bits per heavy atom. The van der Waals surface area contributed by atoms with Crippen LogP contribution >= 0.6 is 0 Å². The SMILES string of the molecule is CCOC(=O)C1CCN1C(c1ccccc1)c1ccccc1.O=CC1CCN1C(c1ccccc1)c1ccccc1. The van der Waals surface area contributed by atoms with Crippen molar-refractivity contribution in [1.82, 2.24) is 9.80 Å². The number of rotatable bonds is 9. The van der Waals surface area contributed by atoms with Gasteiger partial charge in [-0.15, -0.1) is 0 Å². The van der Waals surface area contributed by atoms with Gasteiger partial charge in [0.25, 0.3) is 0 Å². The number of benzene rings is 4. The van der Waals surface area contributed by atoms with Crippen molar-refractivity contribution in [2.24, 2.45) is 0 Å². The maximum atomic E-state index is 12.1. The molecule has 2 fully saturated rings. The number of carbonyl (C=O) groups excluding carboxylic acids is 2. The summed E-state index contributed by atoms with van der Waals surface area (Å²) in [6, 6.07) is 41.8. The Morgan fingerprint density at radius 1 is 0.683 bits per heavy atom. The Kier molecular flexibility index (Phi) is 9.74. The van der Waals surface area contributed by atoms with Crippen molar-refractivity contribution in [3.05, 3.63) is 144 Å². The molecule has 0 aromatic heterocycles. The molecule has 4 aromatic rings. The third-order valence-electron chi connectivity index (χ3n) is 8.01. The lowest BCUT2D eigenvalue weighted by molar-refractivity contribution is -0.155. The average molecular weight is 547 g/mol. The van der Waals surface area contributed by atoms with Gasteiger partial charge in [-0.25, -0.2) is 0 Å². The summed E-state index contributed by atoms with van der Waals surface area (Å²) in [5, 5.41) is 0. The molecule has 2 saturated heterocycles. The van der Waals surface area contributed by atoms with E-state index in [1.165, 1.54) is 22.3 Å². The lowest BCUT2D eigenvalue weighted by Crippen LogP contribution is -2.54. The van der Waals surface area contributed by atoms with E-state index >= 15 is 0 Å². The molecule has 6 rings (SSSR count). The quantitative estimate of drug-likeness (QED) is 0.178. The molecule has 2 heterocycles. The normalized spacial score (nSPS) is 18.5. The molecule has 5 heteroatoms. The average Bonchev–Trinajstić information content (AvgIpc) is 3.00. The van der Waals surface area contributed by atoms with Gasteiger partial charge in [0, 0.05) is 13.1 Å². The molecule has 0 saturated carbocycles. The fraction of sp³-hybridized carbons (Fsp3) is 0.278. The van der Waals surface area contributed by atoms with Crippen LogP contribution in [0.1, 0.15) is 54.1 Å². The predicted octanol–water partition coefficient (Wildman–Crippen LogP) is 6.46. The Labute approximate surface area is 243 Å². The summed E-state index contributed by atoms with van der Waals surface area (Å²) < 4.78 is 5.22. The van der Waals surface area contributed by atoms with Crippen molar-refractivity contribution in [1.29, 1.82) is 0 Å². The minimum Gasteiger partial charge on any atom is -0.465 e. The number of nitrogens with zero attached hydrogens (tertiary/aromatic N) is 2. The van der Waals surface area contributed by atoms with Gasteiger partial charge >= 0.3 is 5.97 Å². The van der Waals surface area contributed by atoms with E-state index in [4.69, 9.17) is 4.74 Å². The van der Waals surface area contributed by atoms with E-state index in [0.29, 0.717) is 6.61 Å². The van der Waals surface area contributed by atoms with Crippen molar-refractivity contribution in [3.8, 4) is 0 Å². The third kappa shape index (κ3) is 6.64. The van der Waals surface area contributed by atoms with Crippen LogP contribution in [0, 0.1) is 0 Å². The summed E-state index contributed by atoms with van der Waals surface area (Å²) in [6.45, 7) is 4.19. The molecule has 2 unspecified atom stereocenters. The van der Waals surface area contributed by atoms with Crippen LogP contribution in [-0.2, 0) is 14.3 Å². The van der Waals surface area contributed by atoms with Crippen molar-refractivity contribution in [3.63, 3.8) is 0 Å². The fourth-order valence-corrected chi connectivity index (χ4v) is 5.79. The second kappa shape index (κ2) is 14.0. The molecule has 0 bridgehead atoms. The van der Waals surface area contributed by atoms with Crippen LogP contribution in [0.2, 0.25) is 0 Å². The molecule has 2 aliphatic rings. The van der Waals surface area contributed by atoms with E-state index in [9.17, 15) is 9.59 Å². The number of ether oxygens (including phenoxy) is 1. The maximum Gasteiger partial charge on any atom is 0.323 e. The smallest absolute Gasteiger partial charge is 0.323 e. The van der Waals surface area contributed by atoms with Gasteiger partial charge in [0.15, 0.2) is 0 Å². The zero-order chi connectivity index (χ0) is 28.4. The molecule has 2 aliphatic heterocycles. The van der Waals surface area contributed by atoms with Gasteiger partial charge in [0.1, 0.15) is 12.3 Å². The first-order chi connectivity index (χ1) is 20.2. The summed E-state index contributed by atoms with van der Waals surface area (Å²) in [5.41, 5.74) is 4.92. The Hall–Kier alpha value is -4.06. The first-order valence-electron chi connectivity index (χ1n) is 14.5. The monoisotopic (exact) mass is 546 g/mol. The van der Waals surface area contributed by atoms with Crippen LogP contribution in [-0.4, -0.2) is 53.8 Å². The predicted molar refractivity (Wildman–Crippen MR) is 162 cm³/mol. The molecule has 2 atom stereocenters. The number of hydrogen-bond donors (Lipinski definition) is 0. The highest BCUT2D eigenvalue weighted by molar-refractivity contribution is 5.77.